The summed E-state index contributed by atoms with van der Waals surface area (Å²) in [5, 5.41) is 2.91. The molecule has 4 aromatic rings. The molecule has 2 heterocycles. The van der Waals surface area contributed by atoms with Gasteiger partial charge in [0.05, 0.1) is 11.0 Å². The molecule has 2 aromatic carbocycles. The van der Waals surface area contributed by atoms with E-state index in [4.69, 9.17) is 9.15 Å². The zero-order valence-electron chi connectivity index (χ0n) is 20.3. The number of fused-ring (bicyclic) bond motifs is 1. The van der Waals surface area contributed by atoms with Gasteiger partial charge in [-0.15, -0.1) is 0 Å². The topological polar surface area (TPSA) is 89.6 Å². The molecule has 0 aliphatic rings. The molecule has 35 heavy (non-hydrogen) atoms. The van der Waals surface area contributed by atoms with Gasteiger partial charge in [-0.3, -0.25) is 14.9 Å². The number of ketones is 1. The molecule has 2 aromatic heterocycles. The lowest BCUT2D eigenvalue weighted by atomic mass is 10.1. The molecule has 0 saturated heterocycles. The van der Waals surface area contributed by atoms with Crippen molar-refractivity contribution >= 4 is 28.7 Å². The van der Waals surface area contributed by atoms with Crippen LogP contribution in [0.25, 0.3) is 11.0 Å². The van der Waals surface area contributed by atoms with Gasteiger partial charge in [0.15, 0.2) is 11.5 Å². The molecule has 0 aliphatic carbocycles. The van der Waals surface area contributed by atoms with E-state index < -0.39 is 0 Å². The van der Waals surface area contributed by atoms with Crippen LogP contribution in [0.5, 0.6) is 5.75 Å². The van der Waals surface area contributed by atoms with E-state index in [0.29, 0.717) is 29.6 Å². The van der Waals surface area contributed by atoms with Crippen molar-refractivity contribution in [3.05, 3.63) is 77.7 Å². The molecule has 4 rings (SSSR count). The number of furan rings is 1. The van der Waals surface area contributed by atoms with Crippen LogP contribution in [0.2, 0.25) is 0 Å². The maximum Gasteiger partial charge on any atom is 0.293 e. The van der Waals surface area contributed by atoms with Gasteiger partial charge in [0, 0.05) is 18.7 Å². The third-order valence-electron chi connectivity index (χ3n) is 5.94. The first kappa shape index (κ1) is 24.2. The van der Waals surface area contributed by atoms with Crippen molar-refractivity contribution in [1.29, 1.82) is 0 Å². The second-order valence-corrected chi connectivity index (χ2v) is 8.19. The number of anilines is 1. The molecular weight excluding hydrogens is 444 g/mol. The van der Waals surface area contributed by atoms with E-state index in [-0.39, 0.29) is 24.1 Å². The minimum absolute atomic E-state index is 0.000166. The number of amides is 1. The first-order chi connectivity index (χ1) is 17.0. The van der Waals surface area contributed by atoms with Crippen molar-refractivity contribution in [3.8, 4) is 5.75 Å². The molecule has 182 valence electrons. The molecule has 8 nitrogen and oxygen atoms in total. The lowest BCUT2D eigenvalue weighted by Gasteiger charge is -2.19. The number of nitrogens with zero attached hydrogens (tertiary/aromatic N) is 3. The van der Waals surface area contributed by atoms with Crippen LogP contribution in [0.3, 0.4) is 0 Å². The zero-order valence-corrected chi connectivity index (χ0v) is 20.3. The van der Waals surface area contributed by atoms with Gasteiger partial charge >= 0.3 is 0 Å². The predicted molar refractivity (Wildman–Crippen MR) is 135 cm³/mol. The molecule has 0 atom stereocenters. The van der Waals surface area contributed by atoms with Crippen LogP contribution in [0.1, 0.15) is 47.4 Å². The zero-order chi connectivity index (χ0) is 24.8. The monoisotopic (exact) mass is 474 g/mol. The largest absolute Gasteiger partial charge is 0.486 e. The minimum Gasteiger partial charge on any atom is -0.486 e. The Balaban J connectivity index is 1.44. The number of imidazole rings is 1. The number of aromatic nitrogens is 2. The van der Waals surface area contributed by atoms with Gasteiger partial charge in [-0.05, 0) is 68.5 Å². The maximum absolute atomic E-state index is 12.9. The number of para-hydroxylation sites is 2. The number of likely N-dealkylation sites (N-methyl/N-ethyl adjacent to an activating group) is 1. The summed E-state index contributed by atoms with van der Waals surface area (Å²) in [7, 11) is 0. The van der Waals surface area contributed by atoms with Crippen molar-refractivity contribution in [2.45, 2.75) is 33.9 Å². The normalized spacial score (nSPS) is 11.2. The fourth-order valence-corrected chi connectivity index (χ4v) is 3.86. The maximum atomic E-state index is 12.9. The molecule has 0 unspecified atom stereocenters. The Morgan fingerprint density at radius 3 is 2.49 bits per heavy atom. The van der Waals surface area contributed by atoms with E-state index in [1.54, 1.807) is 36.4 Å². The predicted octanol–water partition coefficient (Wildman–Crippen LogP) is 5.01. The molecule has 0 bridgehead atoms. The fourth-order valence-electron chi connectivity index (χ4n) is 3.86. The molecule has 1 amide bonds. The Kier molecular flexibility index (Phi) is 7.62. The summed E-state index contributed by atoms with van der Waals surface area (Å²) in [6.07, 6.45) is 0. The highest BCUT2D eigenvalue weighted by atomic mass is 16.5. The van der Waals surface area contributed by atoms with Gasteiger partial charge in [-0.2, -0.15) is 0 Å². The van der Waals surface area contributed by atoms with E-state index in [1.807, 2.05) is 28.8 Å². The van der Waals surface area contributed by atoms with Gasteiger partial charge in [-0.25, -0.2) is 4.98 Å². The first-order valence-electron chi connectivity index (χ1n) is 11.8. The number of nitrogens with one attached hydrogen (secondary N) is 1. The van der Waals surface area contributed by atoms with Gasteiger partial charge in [0.1, 0.15) is 18.1 Å². The lowest BCUT2D eigenvalue weighted by molar-refractivity contribution is 0.0989. The highest BCUT2D eigenvalue weighted by Gasteiger charge is 2.17. The number of rotatable bonds is 11. The molecule has 1 N–H and O–H groups in total. The Bertz CT molecular complexity index is 1300. The number of ether oxygens (including phenoxy) is 1. The second kappa shape index (κ2) is 11.0. The number of benzene rings is 2. The second-order valence-electron chi connectivity index (χ2n) is 8.19. The van der Waals surface area contributed by atoms with Crippen LogP contribution in [-0.2, 0) is 13.2 Å². The summed E-state index contributed by atoms with van der Waals surface area (Å²) in [6.45, 7) is 9.44. The number of hydrogen-bond donors (Lipinski definition) is 1. The molecule has 0 aliphatic heterocycles. The van der Waals surface area contributed by atoms with Crippen LogP contribution in [0.4, 0.5) is 5.95 Å². The first-order valence-corrected chi connectivity index (χ1v) is 11.8. The summed E-state index contributed by atoms with van der Waals surface area (Å²) in [4.78, 5) is 31.3. The van der Waals surface area contributed by atoms with Crippen molar-refractivity contribution in [2.75, 3.05) is 25.0 Å². The standard InChI is InChI=1S/C27H30N4O4/c1-4-30(5-2)16-17-31-24-9-7-6-8-23(24)28-27(31)29-26(33)25-15-14-22(35-25)18-34-21-12-10-20(11-13-21)19(3)32/h6-15H,4-5,16-18H2,1-3H3,(H,28,29,33). The van der Waals surface area contributed by atoms with E-state index >= 15 is 0 Å². The van der Waals surface area contributed by atoms with Crippen LogP contribution in [0.15, 0.2) is 65.1 Å². The fraction of sp³-hybridized carbons (Fsp3) is 0.296. The van der Waals surface area contributed by atoms with Gasteiger partial charge in [0.25, 0.3) is 5.91 Å². The third-order valence-corrected chi connectivity index (χ3v) is 5.94. The number of carbonyl (C=O) groups is 2. The highest BCUT2D eigenvalue weighted by molar-refractivity contribution is 6.02. The van der Waals surface area contributed by atoms with Gasteiger partial charge in [0.2, 0.25) is 5.95 Å². The Hall–Kier alpha value is -3.91. The summed E-state index contributed by atoms with van der Waals surface area (Å²) >= 11 is 0. The van der Waals surface area contributed by atoms with Gasteiger partial charge in [-0.1, -0.05) is 26.0 Å². The minimum atomic E-state index is -0.374. The van der Waals surface area contributed by atoms with Gasteiger partial charge < -0.3 is 18.6 Å². The van der Waals surface area contributed by atoms with Crippen LogP contribution < -0.4 is 10.1 Å². The van der Waals surface area contributed by atoms with E-state index in [2.05, 4.69) is 29.0 Å². The summed E-state index contributed by atoms with van der Waals surface area (Å²) in [5.74, 6) is 1.42. The quantitative estimate of drug-likeness (QED) is 0.308. The molecular formula is C27H30N4O4. The van der Waals surface area contributed by atoms with Crippen LogP contribution in [0, 0.1) is 0 Å². The summed E-state index contributed by atoms with van der Waals surface area (Å²) < 4.78 is 13.5. The average molecular weight is 475 g/mol. The SMILES string of the molecule is CCN(CC)CCn1c(NC(=O)c2ccc(COc3ccc(C(C)=O)cc3)o2)nc2ccccc21. The molecule has 8 heteroatoms. The Morgan fingerprint density at radius 2 is 1.77 bits per heavy atom. The highest BCUT2D eigenvalue weighted by Crippen LogP contribution is 2.21. The van der Waals surface area contributed by atoms with Crippen molar-refractivity contribution in [3.63, 3.8) is 0 Å². The number of hydrogen-bond acceptors (Lipinski definition) is 6. The lowest BCUT2D eigenvalue weighted by Crippen LogP contribution is -2.27. The van der Waals surface area contributed by atoms with Crippen molar-refractivity contribution in [2.24, 2.45) is 0 Å². The number of carbonyl (C=O) groups excluding carboxylic acids is 2. The van der Waals surface area contributed by atoms with E-state index in [1.165, 1.54) is 6.92 Å². The molecule has 0 radical (unpaired) electrons. The Morgan fingerprint density at radius 1 is 1.03 bits per heavy atom. The molecule has 0 fully saturated rings. The van der Waals surface area contributed by atoms with Crippen LogP contribution >= 0.6 is 0 Å². The van der Waals surface area contributed by atoms with Crippen molar-refractivity contribution < 1.29 is 18.7 Å². The van der Waals surface area contributed by atoms with Crippen LogP contribution in [-0.4, -0.2) is 45.8 Å². The van der Waals surface area contributed by atoms with E-state index in [0.717, 1.165) is 30.7 Å². The van der Waals surface area contributed by atoms with E-state index in [9.17, 15) is 9.59 Å². The summed E-state index contributed by atoms with van der Waals surface area (Å²) in [5.41, 5.74) is 2.42. The molecule has 0 spiro atoms. The Labute approximate surface area is 204 Å². The number of Topliss-reactive ketones (excluding diaryl/α,β-unsaturated/α-hetero) is 1. The average Bonchev–Trinajstić information content (AvgIpc) is 3.48. The van der Waals surface area contributed by atoms with Crippen molar-refractivity contribution in [1.82, 2.24) is 14.5 Å². The third kappa shape index (κ3) is 5.78. The smallest absolute Gasteiger partial charge is 0.293 e. The summed E-state index contributed by atoms with van der Waals surface area (Å²) in [6, 6.07) is 18.1. The molecule has 0 saturated carbocycles.